The van der Waals surface area contributed by atoms with E-state index < -0.39 is 20.0 Å². The molecule has 0 heterocycles. The smallest absolute Gasteiger partial charge is 0.238 e. The van der Waals surface area contributed by atoms with E-state index >= 15 is 0 Å². The monoisotopic (exact) mass is 318 g/mol. The maximum atomic E-state index is 12.4. The van der Waals surface area contributed by atoms with Gasteiger partial charge in [0.2, 0.25) is 20.0 Å². The Hall–Kier alpha value is -1.12. The third-order valence-corrected chi connectivity index (χ3v) is 6.85. The number of hydrogen-bond donors (Lipinski definition) is 1. The molecule has 0 aromatic heterocycles. The Labute approximate surface area is 119 Å². The molecule has 0 aliphatic heterocycles. The van der Waals surface area contributed by atoms with Crippen molar-refractivity contribution in [3.05, 3.63) is 24.3 Å². The van der Waals surface area contributed by atoms with E-state index in [1.54, 1.807) is 0 Å². The molecule has 1 aliphatic rings. The summed E-state index contributed by atoms with van der Waals surface area (Å²) in [4.78, 5) is -0.0343. The number of hydrogen-bond acceptors (Lipinski definition) is 4. The first-order valence-electron chi connectivity index (χ1n) is 6.33. The lowest BCUT2D eigenvalue weighted by atomic mass is 10.3. The van der Waals surface area contributed by atoms with Crippen LogP contribution in [-0.4, -0.2) is 29.1 Å². The molecule has 2 N–H and O–H groups in total. The van der Waals surface area contributed by atoms with Crippen LogP contribution in [0.1, 0.15) is 25.7 Å². The van der Waals surface area contributed by atoms with E-state index in [1.807, 2.05) is 0 Å². The highest BCUT2D eigenvalue weighted by molar-refractivity contribution is 7.93. The van der Waals surface area contributed by atoms with Crippen molar-refractivity contribution in [2.24, 2.45) is 5.14 Å². The van der Waals surface area contributed by atoms with Gasteiger partial charge in [-0.25, -0.2) is 22.0 Å². The normalized spacial score (nSPS) is 17.3. The van der Waals surface area contributed by atoms with Crippen molar-refractivity contribution in [3.8, 4) is 0 Å². The van der Waals surface area contributed by atoms with Gasteiger partial charge in [0.15, 0.2) is 0 Å². The minimum Gasteiger partial charge on any atom is -0.273 e. The zero-order valence-corrected chi connectivity index (χ0v) is 12.8. The second kappa shape index (κ2) is 5.34. The predicted octanol–water partition coefficient (Wildman–Crippen LogP) is 1.04. The average molecular weight is 318 g/mol. The summed E-state index contributed by atoms with van der Waals surface area (Å²) in [6, 6.07) is 5.52. The van der Waals surface area contributed by atoms with Gasteiger partial charge in [-0.1, -0.05) is 12.8 Å². The van der Waals surface area contributed by atoms with E-state index in [4.69, 9.17) is 5.14 Å². The molecule has 0 unspecified atom stereocenters. The van der Waals surface area contributed by atoms with Crippen molar-refractivity contribution >= 4 is 25.7 Å². The molecular formula is C12H18N2O4S2. The Balaban J connectivity index is 2.27. The minimum atomic E-state index is -3.76. The van der Waals surface area contributed by atoms with Gasteiger partial charge in [0.05, 0.1) is 15.8 Å². The molecule has 0 spiro atoms. The number of primary sulfonamides is 1. The maximum absolute atomic E-state index is 12.4. The quantitative estimate of drug-likeness (QED) is 0.897. The molecule has 1 aromatic rings. The van der Waals surface area contributed by atoms with Crippen LogP contribution in [0.25, 0.3) is 0 Å². The topological polar surface area (TPSA) is 97.5 Å². The molecule has 0 radical (unpaired) electrons. The molecule has 2 rings (SSSR count). The van der Waals surface area contributed by atoms with Gasteiger partial charge in [-0.15, -0.1) is 0 Å². The van der Waals surface area contributed by atoms with Crippen LogP contribution in [0.5, 0.6) is 0 Å². The van der Waals surface area contributed by atoms with E-state index in [9.17, 15) is 16.8 Å². The highest BCUT2D eigenvalue weighted by atomic mass is 32.2. The zero-order chi connectivity index (χ0) is 15.0. The second-order valence-corrected chi connectivity index (χ2v) is 8.76. The molecule has 112 valence electrons. The van der Waals surface area contributed by atoms with Crippen molar-refractivity contribution in [1.82, 2.24) is 0 Å². The van der Waals surface area contributed by atoms with Crippen molar-refractivity contribution in [3.63, 3.8) is 0 Å². The van der Waals surface area contributed by atoms with Crippen molar-refractivity contribution in [1.29, 1.82) is 0 Å². The molecule has 0 atom stereocenters. The summed E-state index contributed by atoms with van der Waals surface area (Å²) < 4.78 is 48.3. The summed E-state index contributed by atoms with van der Waals surface area (Å²) in [6.07, 6.45) is 3.23. The fraction of sp³-hybridized carbons (Fsp3) is 0.500. The first-order chi connectivity index (χ1) is 9.23. The van der Waals surface area contributed by atoms with E-state index in [2.05, 4.69) is 0 Å². The average Bonchev–Trinajstić information content (AvgIpc) is 2.91. The molecular weight excluding hydrogens is 300 g/mol. The Morgan fingerprint density at radius 3 is 2.00 bits per heavy atom. The van der Waals surface area contributed by atoms with Gasteiger partial charge in [-0.3, -0.25) is 4.31 Å². The largest absolute Gasteiger partial charge is 0.273 e. The van der Waals surface area contributed by atoms with Gasteiger partial charge in [-0.05, 0) is 37.1 Å². The number of benzene rings is 1. The SMILES string of the molecule is CN(c1ccc(S(N)(=O)=O)cc1)S(=O)(=O)C1CCCC1. The number of nitrogens with zero attached hydrogens (tertiary/aromatic N) is 1. The first kappa shape index (κ1) is 15.3. The minimum absolute atomic E-state index is 0.0343. The Bertz CT molecular complexity index is 675. The highest BCUT2D eigenvalue weighted by Crippen LogP contribution is 2.29. The summed E-state index contributed by atoms with van der Waals surface area (Å²) in [5, 5.41) is 4.67. The van der Waals surface area contributed by atoms with E-state index in [1.165, 1.54) is 35.6 Å². The third kappa shape index (κ3) is 2.97. The van der Waals surface area contributed by atoms with E-state index in [0.717, 1.165) is 12.8 Å². The van der Waals surface area contributed by atoms with Gasteiger partial charge in [0.1, 0.15) is 0 Å². The molecule has 0 saturated heterocycles. The summed E-state index contributed by atoms with van der Waals surface area (Å²) in [6.45, 7) is 0. The summed E-state index contributed by atoms with van der Waals surface area (Å²) >= 11 is 0. The number of anilines is 1. The molecule has 0 bridgehead atoms. The summed E-state index contributed by atoms with van der Waals surface area (Å²) in [5.41, 5.74) is 0.435. The van der Waals surface area contributed by atoms with Crippen LogP contribution >= 0.6 is 0 Å². The maximum Gasteiger partial charge on any atom is 0.238 e. The standard InChI is InChI=1S/C12H18N2O4S2/c1-14(20(17,18)12-4-2-3-5-12)10-6-8-11(9-7-10)19(13,15)16/h6-9,12H,2-5H2,1H3,(H2,13,15,16). The van der Waals surface area contributed by atoms with Crippen molar-refractivity contribution in [2.45, 2.75) is 35.8 Å². The number of nitrogens with two attached hydrogens (primary N) is 1. The van der Waals surface area contributed by atoms with Gasteiger partial charge in [-0.2, -0.15) is 0 Å². The second-order valence-electron chi connectivity index (χ2n) is 4.96. The van der Waals surface area contributed by atoms with Crippen molar-refractivity contribution in [2.75, 3.05) is 11.4 Å². The van der Waals surface area contributed by atoms with Crippen LogP contribution in [-0.2, 0) is 20.0 Å². The van der Waals surface area contributed by atoms with Gasteiger partial charge < -0.3 is 0 Å². The summed E-state index contributed by atoms with van der Waals surface area (Å²) in [5.74, 6) is 0. The molecule has 0 amide bonds. The van der Waals surface area contributed by atoms with E-state index in [0.29, 0.717) is 18.5 Å². The fourth-order valence-corrected chi connectivity index (χ4v) is 4.71. The lowest BCUT2D eigenvalue weighted by Gasteiger charge is -2.23. The Kier molecular flexibility index (Phi) is 4.08. The fourth-order valence-electron chi connectivity index (χ4n) is 2.40. The zero-order valence-electron chi connectivity index (χ0n) is 11.2. The van der Waals surface area contributed by atoms with Crippen LogP contribution in [0.15, 0.2) is 29.2 Å². The first-order valence-corrected chi connectivity index (χ1v) is 9.38. The number of sulfonamides is 2. The van der Waals surface area contributed by atoms with Crippen LogP contribution < -0.4 is 9.44 Å². The van der Waals surface area contributed by atoms with Gasteiger partial charge in [0.25, 0.3) is 0 Å². The van der Waals surface area contributed by atoms with Crippen LogP contribution in [0.2, 0.25) is 0 Å². The summed E-state index contributed by atoms with van der Waals surface area (Å²) in [7, 11) is -5.67. The Morgan fingerprint density at radius 2 is 1.55 bits per heavy atom. The van der Waals surface area contributed by atoms with Crippen LogP contribution in [0.4, 0.5) is 5.69 Å². The Morgan fingerprint density at radius 1 is 1.05 bits per heavy atom. The molecule has 1 aliphatic carbocycles. The van der Waals surface area contributed by atoms with Crippen LogP contribution in [0, 0.1) is 0 Å². The molecule has 8 heteroatoms. The van der Waals surface area contributed by atoms with Crippen molar-refractivity contribution < 1.29 is 16.8 Å². The third-order valence-electron chi connectivity index (χ3n) is 3.63. The van der Waals surface area contributed by atoms with E-state index in [-0.39, 0.29) is 10.1 Å². The van der Waals surface area contributed by atoms with Gasteiger partial charge in [0, 0.05) is 7.05 Å². The molecule has 1 fully saturated rings. The molecule has 1 aromatic carbocycles. The molecule has 6 nitrogen and oxygen atoms in total. The molecule has 1 saturated carbocycles. The predicted molar refractivity (Wildman–Crippen MR) is 77.4 cm³/mol. The molecule has 20 heavy (non-hydrogen) atoms. The highest BCUT2D eigenvalue weighted by Gasteiger charge is 2.32. The lowest BCUT2D eigenvalue weighted by molar-refractivity contribution is 0.578. The van der Waals surface area contributed by atoms with Crippen LogP contribution in [0.3, 0.4) is 0 Å². The number of rotatable bonds is 4. The lowest BCUT2D eigenvalue weighted by Crippen LogP contribution is -2.34. The van der Waals surface area contributed by atoms with Gasteiger partial charge >= 0.3 is 0 Å².